The topological polar surface area (TPSA) is 99.5 Å². The molecular formula is C17H27N5O3. The first-order valence-corrected chi connectivity index (χ1v) is 8.99. The van der Waals surface area contributed by atoms with Gasteiger partial charge >= 0.3 is 0 Å². The van der Waals surface area contributed by atoms with Crippen LogP contribution < -0.4 is 10.6 Å². The minimum absolute atomic E-state index is 0.000728. The smallest absolute Gasteiger partial charge is 0.234 e. The minimum Gasteiger partial charge on any atom is -0.389 e. The van der Waals surface area contributed by atoms with Crippen molar-refractivity contribution in [2.45, 2.75) is 50.3 Å². The molecule has 8 heteroatoms. The standard InChI is InChI=1S/C17H27N5O3/c1-21-12(7-8-19-21)5-6-15(23)20-13-3-2-4-14(17(13)25)22-10-9-18-16(24)11-22/h7-8,13-14,17,25H,2-6,9-11H2,1H3,(H,18,24)(H,20,23)/t13-,14-,17-/m1/s1. The lowest BCUT2D eigenvalue weighted by atomic mass is 9.86. The largest absolute Gasteiger partial charge is 0.389 e. The Morgan fingerprint density at radius 3 is 3.04 bits per heavy atom. The Kier molecular flexibility index (Phi) is 5.70. The summed E-state index contributed by atoms with van der Waals surface area (Å²) in [5.74, 6) is -0.0527. The number of amides is 2. The van der Waals surface area contributed by atoms with Gasteiger partial charge in [0, 0.05) is 44.5 Å². The molecule has 2 heterocycles. The Labute approximate surface area is 147 Å². The molecule has 1 aliphatic carbocycles. The molecule has 1 saturated carbocycles. The highest BCUT2D eigenvalue weighted by molar-refractivity contribution is 5.78. The number of aromatic nitrogens is 2. The molecule has 3 atom stereocenters. The van der Waals surface area contributed by atoms with Crippen molar-refractivity contribution in [1.29, 1.82) is 0 Å². The Morgan fingerprint density at radius 1 is 1.48 bits per heavy atom. The summed E-state index contributed by atoms with van der Waals surface area (Å²) in [4.78, 5) is 25.9. The number of hydrogen-bond donors (Lipinski definition) is 3. The van der Waals surface area contributed by atoms with Crippen LogP contribution in [0.3, 0.4) is 0 Å². The van der Waals surface area contributed by atoms with E-state index in [2.05, 4.69) is 15.7 Å². The number of nitrogens with zero attached hydrogens (tertiary/aromatic N) is 3. The zero-order chi connectivity index (χ0) is 17.8. The second-order valence-corrected chi connectivity index (χ2v) is 6.93. The number of carbonyl (C=O) groups excluding carboxylic acids is 2. The lowest BCUT2D eigenvalue weighted by Crippen LogP contribution is -2.60. The van der Waals surface area contributed by atoms with E-state index in [9.17, 15) is 14.7 Å². The third kappa shape index (κ3) is 4.38. The first-order valence-electron chi connectivity index (χ1n) is 8.99. The second kappa shape index (κ2) is 7.97. The van der Waals surface area contributed by atoms with Crippen LogP contribution in [0.15, 0.2) is 12.3 Å². The van der Waals surface area contributed by atoms with Crippen molar-refractivity contribution in [2.75, 3.05) is 19.6 Å². The van der Waals surface area contributed by atoms with Crippen molar-refractivity contribution in [1.82, 2.24) is 25.3 Å². The number of hydrogen-bond acceptors (Lipinski definition) is 5. The summed E-state index contributed by atoms with van der Waals surface area (Å²) >= 11 is 0. The van der Waals surface area contributed by atoms with Crippen LogP contribution in [0.4, 0.5) is 0 Å². The van der Waals surface area contributed by atoms with Crippen molar-refractivity contribution in [3.05, 3.63) is 18.0 Å². The van der Waals surface area contributed by atoms with Crippen LogP contribution in [0.25, 0.3) is 0 Å². The van der Waals surface area contributed by atoms with E-state index < -0.39 is 6.10 Å². The fraction of sp³-hybridized carbons (Fsp3) is 0.706. The van der Waals surface area contributed by atoms with Gasteiger partial charge in [0.2, 0.25) is 11.8 Å². The average Bonchev–Trinajstić information content (AvgIpc) is 3.00. The molecular weight excluding hydrogens is 322 g/mol. The van der Waals surface area contributed by atoms with Gasteiger partial charge in [-0.2, -0.15) is 5.10 Å². The predicted molar refractivity (Wildman–Crippen MR) is 91.7 cm³/mol. The summed E-state index contributed by atoms with van der Waals surface area (Å²) in [5.41, 5.74) is 1.01. The Balaban J connectivity index is 1.52. The normalized spacial score (nSPS) is 27.8. The van der Waals surface area contributed by atoms with Gasteiger partial charge in [0.25, 0.3) is 0 Å². The number of aliphatic hydroxyl groups excluding tert-OH is 1. The fourth-order valence-electron chi connectivity index (χ4n) is 3.82. The van der Waals surface area contributed by atoms with Crippen LogP contribution in [0, 0.1) is 0 Å². The van der Waals surface area contributed by atoms with Gasteiger partial charge in [0.15, 0.2) is 0 Å². The van der Waals surface area contributed by atoms with Crippen molar-refractivity contribution in [2.24, 2.45) is 7.05 Å². The van der Waals surface area contributed by atoms with E-state index in [1.165, 1.54) is 0 Å². The molecule has 2 amide bonds. The summed E-state index contributed by atoms with van der Waals surface area (Å²) in [7, 11) is 1.86. The summed E-state index contributed by atoms with van der Waals surface area (Å²) in [6.45, 7) is 1.68. The maximum atomic E-state index is 12.3. The van der Waals surface area contributed by atoms with Crippen LogP contribution in [-0.4, -0.2) is 69.4 Å². The Hall–Kier alpha value is -1.93. The molecule has 2 fully saturated rings. The van der Waals surface area contributed by atoms with Gasteiger partial charge in [-0.25, -0.2) is 0 Å². The molecule has 3 rings (SSSR count). The lowest BCUT2D eigenvalue weighted by Gasteiger charge is -2.42. The fourth-order valence-corrected chi connectivity index (χ4v) is 3.82. The van der Waals surface area contributed by atoms with Crippen molar-refractivity contribution >= 4 is 11.8 Å². The summed E-state index contributed by atoms with van der Waals surface area (Å²) in [5, 5.41) is 20.6. The molecule has 138 valence electrons. The molecule has 25 heavy (non-hydrogen) atoms. The average molecular weight is 349 g/mol. The summed E-state index contributed by atoms with van der Waals surface area (Å²) in [6, 6.07) is 1.59. The number of rotatable bonds is 5. The summed E-state index contributed by atoms with van der Waals surface area (Å²) in [6.07, 6.45) is 4.65. The number of carbonyl (C=O) groups is 2. The number of aryl methyl sites for hydroxylation is 2. The van der Waals surface area contributed by atoms with E-state index in [1.807, 2.05) is 18.0 Å². The molecule has 3 N–H and O–H groups in total. The van der Waals surface area contributed by atoms with Crippen LogP contribution in [-0.2, 0) is 23.1 Å². The predicted octanol–water partition coefficient (Wildman–Crippen LogP) is -0.817. The maximum Gasteiger partial charge on any atom is 0.234 e. The molecule has 1 aliphatic heterocycles. The molecule has 0 radical (unpaired) electrons. The maximum absolute atomic E-state index is 12.3. The Bertz CT molecular complexity index is 617. The van der Waals surface area contributed by atoms with Crippen LogP contribution in [0.2, 0.25) is 0 Å². The van der Waals surface area contributed by atoms with Crippen LogP contribution in [0.5, 0.6) is 0 Å². The van der Waals surface area contributed by atoms with Gasteiger partial charge in [-0.05, 0) is 31.7 Å². The van der Waals surface area contributed by atoms with E-state index in [0.717, 1.165) is 31.5 Å². The second-order valence-electron chi connectivity index (χ2n) is 6.93. The number of piperazine rings is 1. The van der Waals surface area contributed by atoms with E-state index >= 15 is 0 Å². The van der Waals surface area contributed by atoms with E-state index in [4.69, 9.17) is 0 Å². The molecule has 1 aromatic rings. The highest BCUT2D eigenvalue weighted by Gasteiger charge is 2.37. The zero-order valence-electron chi connectivity index (χ0n) is 14.6. The highest BCUT2D eigenvalue weighted by Crippen LogP contribution is 2.24. The minimum atomic E-state index is -0.639. The van der Waals surface area contributed by atoms with Gasteiger partial charge < -0.3 is 15.7 Å². The van der Waals surface area contributed by atoms with Crippen molar-refractivity contribution in [3.8, 4) is 0 Å². The zero-order valence-corrected chi connectivity index (χ0v) is 14.6. The molecule has 0 spiro atoms. The molecule has 0 unspecified atom stereocenters. The molecule has 8 nitrogen and oxygen atoms in total. The third-order valence-corrected chi connectivity index (χ3v) is 5.24. The number of aliphatic hydroxyl groups is 1. The first kappa shape index (κ1) is 17.9. The summed E-state index contributed by atoms with van der Waals surface area (Å²) < 4.78 is 1.76. The van der Waals surface area contributed by atoms with Gasteiger partial charge in [-0.1, -0.05) is 0 Å². The quantitative estimate of drug-likeness (QED) is 0.645. The van der Waals surface area contributed by atoms with E-state index in [1.54, 1.807) is 10.9 Å². The van der Waals surface area contributed by atoms with E-state index in [0.29, 0.717) is 25.9 Å². The SMILES string of the molecule is Cn1nccc1CCC(=O)N[C@@H]1CCC[C@@H](N2CCNC(=O)C2)[C@@H]1O. The van der Waals surface area contributed by atoms with Gasteiger partial charge in [0.05, 0.1) is 18.7 Å². The molecule has 0 aromatic carbocycles. The molecule has 2 aliphatic rings. The van der Waals surface area contributed by atoms with Crippen LogP contribution >= 0.6 is 0 Å². The third-order valence-electron chi connectivity index (χ3n) is 5.24. The van der Waals surface area contributed by atoms with Gasteiger partial charge in [-0.3, -0.25) is 19.2 Å². The van der Waals surface area contributed by atoms with Gasteiger partial charge in [0.1, 0.15) is 0 Å². The van der Waals surface area contributed by atoms with E-state index in [-0.39, 0.29) is 23.9 Å². The molecule has 1 aromatic heterocycles. The molecule has 1 saturated heterocycles. The van der Waals surface area contributed by atoms with Gasteiger partial charge in [-0.15, -0.1) is 0 Å². The van der Waals surface area contributed by atoms with Crippen molar-refractivity contribution < 1.29 is 14.7 Å². The molecule has 0 bridgehead atoms. The Morgan fingerprint density at radius 2 is 2.32 bits per heavy atom. The van der Waals surface area contributed by atoms with Crippen LogP contribution in [0.1, 0.15) is 31.4 Å². The monoisotopic (exact) mass is 349 g/mol. The number of nitrogens with one attached hydrogen (secondary N) is 2. The lowest BCUT2D eigenvalue weighted by molar-refractivity contribution is -0.128. The first-order chi connectivity index (χ1) is 12.0. The highest BCUT2D eigenvalue weighted by atomic mass is 16.3. The van der Waals surface area contributed by atoms with Crippen molar-refractivity contribution in [3.63, 3.8) is 0 Å².